The van der Waals surface area contributed by atoms with Crippen molar-refractivity contribution in [1.29, 1.82) is 0 Å². The molecular weight excluding hydrogens is 369 g/mol. The molecule has 0 fully saturated rings. The number of benzene rings is 3. The number of aromatic hydroxyl groups is 1. The Hall–Kier alpha value is -2.36. The van der Waals surface area contributed by atoms with Crippen LogP contribution < -0.4 is 10.1 Å². The summed E-state index contributed by atoms with van der Waals surface area (Å²) in [4.78, 5) is 0. The molecule has 0 radical (unpaired) electrons. The molecule has 3 nitrogen and oxygen atoms in total. The topological polar surface area (TPSA) is 41.5 Å². The molecule has 0 aliphatic carbocycles. The maximum Gasteiger partial charge on any atom is 0.152 e. The number of phenolic OH excluding ortho intramolecular Hbond substituents is 1. The first-order valence-electron chi connectivity index (χ1n) is 8.20. The molecule has 0 spiro atoms. The highest BCUT2D eigenvalue weighted by Crippen LogP contribution is 2.34. The molecule has 0 aliphatic heterocycles. The number of anilines is 1. The number of halogens is 2. The smallest absolute Gasteiger partial charge is 0.152 e. The molecule has 0 aromatic heterocycles. The molecule has 0 atom stereocenters. The Labute approximate surface area is 163 Å². The molecule has 5 heteroatoms. The van der Waals surface area contributed by atoms with Gasteiger partial charge in [0, 0.05) is 12.2 Å². The van der Waals surface area contributed by atoms with E-state index < -0.39 is 0 Å². The van der Waals surface area contributed by atoms with Crippen molar-refractivity contribution in [1.82, 2.24) is 0 Å². The van der Waals surface area contributed by atoms with Gasteiger partial charge in [-0.3, -0.25) is 0 Å². The summed E-state index contributed by atoms with van der Waals surface area (Å²) in [5.41, 5.74) is 4.21. The van der Waals surface area contributed by atoms with Gasteiger partial charge in [0.2, 0.25) is 0 Å². The van der Waals surface area contributed by atoms with Crippen molar-refractivity contribution in [2.45, 2.75) is 20.1 Å². The molecule has 0 heterocycles. The van der Waals surface area contributed by atoms with Crippen molar-refractivity contribution in [2.24, 2.45) is 0 Å². The molecule has 26 heavy (non-hydrogen) atoms. The van der Waals surface area contributed by atoms with Crippen LogP contribution in [0.5, 0.6) is 11.5 Å². The summed E-state index contributed by atoms with van der Waals surface area (Å²) in [5, 5.41) is 13.3. The molecular formula is C21H19Cl2NO2. The van der Waals surface area contributed by atoms with Crippen LogP contribution in [0.2, 0.25) is 10.0 Å². The monoisotopic (exact) mass is 387 g/mol. The van der Waals surface area contributed by atoms with E-state index in [1.165, 1.54) is 5.56 Å². The van der Waals surface area contributed by atoms with E-state index in [0.717, 1.165) is 22.6 Å². The number of hydrogen-bond donors (Lipinski definition) is 2. The van der Waals surface area contributed by atoms with Gasteiger partial charge in [-0.2, -0.15) is 0 Å². The van der Waals surface area contributed by atoms with Crippen LogP contribution in [0.1, 0.15) is 16.7 Å². The second-order valence-electron chi connectivity index (χ2n) is 6.06. The summed E-state index contributed by atoms with van der Waals surface area (Å²) in [6, 6.07) is 19.5. The summed E-state index contributed by atoms with van der Waals surface area (Å²) in [5.74, 6) is 0.722. The molecule has 134 valence electrons. The molecule has 0 amide bonds. The fraction of sp³-hybridized carbons (Fsp3) is 0.143. The minimum atomic E-state index is -0.103. The highest BCUT2D eigenvalue weighted by molar-refractivity contribution is 6.37. The van der Waals surface area contributed by atoms with Crippen LogP contribution >= 0.6 is 23.2 Å². The number of nitrogens with one attached hydrogen (secondary N) is 1. The molecule has 2 N–H and O–H groups in total. The Kier molecular flexibility index (Phi) is 5.92. The van der Waals surface area contributed by atoms with Gasteiger partial charge in [-0.15, -0.1) is 0 Å². The summed E-state index contributed by atoms with van der Waals surface area (Å²) >= 11 is 11.9. The average molecular weight is 388 g/mol. The van der Waals surface area contributed by atoms with E-state index >= 15 is 0 Å². The highest BCUT2D eigenvalue weighted by Gasteiger charge is 2.06. The van der Waals surface area contributed by atoms with Crippen molar-refractivity contribution in [3.8, 4) is 11.5 Å². The first kappa shape index (κ1) is 18.4. The molecule has 0 saturated heterocycles. The molecule has 0 unspecified atom stereocenters. The summed E-state index contributed by atoms with van der Waals surface area (Å²) in [7, 11) is 0. The third-order valence-electron chi connectivity index (χ3n) is 3.92. The lowest BCUT2D eigenvalue weighted by atomic mass is 10.1. The lowest BCUT2D eigenvalue weighted by Gasteiger charge is -2.10. The quantitative estimate of drug-likeness (QED) is 0.494. The van der Waals surface area contributed by atoms with Gasteiger partial charge in [0.15, 0.2) is 5.75 Å². The first-order chi connectivity index (χ1) is 12.5. The van der Waals surface area contributed by atoms with Crippen LogP contribution in [-0.2, 0) is 13.2 Å². The number of rotatable bonds is 6. The van der Waals surface area contributed by atoms with E-state index in [1.54, 1.807) is 12.1 Å². The van der Waals surface area contributed by atoms with Crippen LogP contribution in [0.3, 0.4) is 0 Å². The van der Waals surface area contributed by atoms with Crippen LogP contribution in [0.4, 0.5) is 5.69 Å². The predicted molar refractivity (Wildman–Crippen MR) is 107 cm³/mol. The second-order valence-corrected chi connectivity index (χ2v) is 6.88. The van der Waals surface area contributed by atoms with E-state index in [0.29, 0.717) is 13.2 Å². The van der Waals surface area contributed by atoms with Crippen LogP contribution in [0.15, 0.2) is 60.7 Å². The van der Waals surface area contributed by atoms with Crippen molar-refractivity contribution < 1.29 is 9.84 Å². The van der Waals surface area contributed by atoms with E-state index in [9.17, 15) is 5.11 Å². The molecule has 0 aliphatic rings. The van der Waals surface area contributed by atoms with Crippen molar-refractivity contribution in [2.75, 3.05) is 5.32 Å². The van der Waals surface area contributed by atoms with Gasteiger partial charge in [0.25, 0.3) is 0 Å². The Morgan fingerprint density at radius 2 is 1.62 bits per heavy atom. The molecule has 3 aromatic rings. The van der Waals surface area contributed by atoms with Gasteiger partial charge in [-0.25, -0.2) is 0 Å². The summed E-state index contributed by atoms with van der Waals surface area (Å²) in [6.07, 6.45) is 0. The lowest BCUT2D eigenvalue weighted by molar-refractivity contribution is 0.306. The van der Waals surface area contributed by atoms with Crippen molar-refractivity contribution >= 4 is 28.9 Å². The zero-order chi connectivity index (χ0) is 18.5. The highest BCUT2D eigenvalue weighted by atomic mass is 35.5. The van der Waals surface area contributed by atoms with Crippen molar-refractivity contribution in [3.63, 3.8) is 0 Å². The van der Waals surface area contributed by atoms with Gasteiger partial charge in [-0.05, 0) is 42.3 Å². The predicted octanol–water partition coefficient (Wildman–Crippen LogP) is 6.20. The maximum atomic E-state index is 9.59. The maximum absolute atomic E-state index is 9.59. The normalized spacial score (nSPS) is 10.6. The van der Waals surface area contributed by atoms with Gasteiger partial charge < -0.3 is 15.2 Å². The van der Waals surface area contributed by atoms with E-state index in [1.807, 2.05) is 30.3 Å². The van der Waals surface area contributed by atoms with Gasteiger partial charge in [-0.1, -0.05) is 65.2 Å². The lowest BCUT2D eigenvalue weighted by Crippen LogP contribution is -2.00. The molecule has 0 saturated carbocycles. The summed E-state index contributed by atoms with van der Waals surface area (Å²) < 4.78 is 5.83. The molecule has 3 rings (SSSR count). The Morgan fingerprint density at radius 3 is 2.27 bits per heavy atom. The van der Waals surface area contributed by atoms with Crippen molar-refractivity contribution in [3.05, 3.63) is 87.4 Å². The first-order valence-corrected chi connectivity index (χ1v) is 8.96. The number of aryl methyl sites for hydroxylation is 1. The number of ether oxygens (including phenoxy) is 1. The third kappa shape index (κ3) is 4.84. The van der Waals surface area contributed by atoms with Crippen LogP contribution in [-0.4, -0.2) is 5.11 Å². The minimum absolute atomic E-state index is 0.103. The average Bonchev–Trinajstić information content (AvgIpc) is 2.63. The third-order valence-corrected chi connectivity index (χ3v) is 4.50. The second kappa shape index (κ2) is 8.35. The summed E-state index contributed by atoms with van der Waals surface area (Å²) in [6.45, 7) is 3.22. The van der Waals surface area contributed by atoms with Gasteiger partial charge >= 0.3 is 0 Å². The molecule has 0 bridgehead atoms. The Balaban J connectivity index is 1.56. The zero-order valence-corrected chi connectivity index (χ0v) is 15.8. The Morgan fingerprint density at radius 1 is 0.923 bits per heavy atom. The largest absolute Gasteiger partial charge is 0.505 e. The standard InChI is InChI=1S/C21H19Cl2NO2/c1-14-3-2-4-16(9-14)13-26-18-7-5-15(6-8-18)12-24-17-10-19(22)21(25)20(23)11-17/h2-11,24-25H,12-13H2,1H3. The number of hydrogen-bond acceptors (Lipinski definition) is 3. The van der Waals surface area contributed by atoms with E-state index in [2.05, 4.69) is 30.4 Å². The fourth-order valence-corrected chi connectivity index (χ4v) is 3.03. The zero-order valence-electron chi connectivity index (χ0n) is 14.3. The minimum Gasteiger partial charge on any atom is -0.505 e. The van der Waals surface area contributed by atoms with E-state index in [4.69, 9.17) is 27.9 Å². The fourth-order valence-electron chi connectivity index (χ4n) is 2.54. The Bertz CT molecular complexity index is 872. The number of phenols is 1. The SMILES string of the molecule is Cc1cccc(COc2ccc(CNc3cc(Cl)c(O)c(Cl)c3)cc2)c1. The molecule has 3 aromatic carbocycles. The van der Waals surface area contributed by atoms with Gasteiger partial charge in [0.1, 0.15) is 12.4 Å². The van der Waals surface area contributed by atoms with Crippen LogP contribution in [0, 0.1) is 6.92 Å². The van der Waals surface area contributed by atoms with Crippen LogP contribution in [0.25, 0.3) is 0 Å². The van der Waals surface area contributed by atoms with Gasteiger partial charge in [0.05, 0.1) is 10.0 Å². The van der Waals surface area contributed by atoms with E-state index in [-0.39, 0.29) is 15.8 Å².